The van der Waals surface area contributed by atoms with Gasteiger partial charge in [-0.3, -0.25) is 0 Å². The van der Waals surface area contributed by atoms with E-state index in [0.29, 0.717) is 5.92 Å². The van der Waals surface area contributed by atoms with Crippen molar-refractivity contribution in [1.82, 2.24) is 14.8 Å². The summed E-state index contributed by atoms with van der Waals surface area (Å²) in [6, 6.07) is 6.12. The highest BCUT2D eigenvalue weighted by molar-refractivity contribution is 9.10. The van der Waals surface area contributed by atoms with E-state index in [9.17, 15) is 0 Å². The fraction of sp³-hybridized carbons (Fsp3) is 0.429. The van der Waals surface area contributed by atoms with Gasteiger partial charge in [-0.2, -0.15) is 0 Å². The molecule has 1 saturated heterocycles. The molecular formula is C14H16BrN3O2. The van der Waals surface area contributed by atoms with Crippen LogP contribution in [0.2, 0.25) is 0 Å². The highest BCUT2D eigenvalue weighted by Gasteiger charge is 2.34. The number of hydrogen-bond donors (Lipinski definition) is 0. The Bertz CT molecular complexity index is 610. The van der Waals surface area contributed by atoms with E-state index in [2.05, 4.69) is 38.3 Å². The summed E-state index contributed by atoms with van der Waals surface area (Å²) in [5.41, 5.74) is 1.17. The van der Waals surface area contributed by atoms with Crippen LogP contribution in [0.1, 0.15) is 17.3 Å². The summed E-state index contributed by atoms with van der Waals surface area (Å²) in [5.74, 6) is 2.39. The first-order valence-electron chi connectivity index (χ1n) is 6.45. The van der Waals surface area contributed by atoms with E-state index < -0.39 is 0 Å². The van der Waals surface area contributed by atoms with Crippen LogP contribution in [0, 0.1) is 5.92 Å². The van der Waals surface area contributed by atoms with Gasteiger partial charge in [0.1, 0.15) is 17.9 Å². The van der Waals surface area contributed by atoms with Crippen molar-refractivity contribution in [2.45, 2.75) is 5.92 Å². The third-order valence-electron chi connectivity index (χ3n) is 3.65. The number of aromatic nitrogens is 3. The smallest absolute Gasteiger partial charge is 0.140 e. The van der Waals surface area contributed by atoms with Crippen molar-refractivity contribution < 1.29 is 9.47 Å². The van der Waals surface area contributed by atoms with Gasteiger partial charge in [-0.15, -0.1) is 10.2 Å². The predicted molar refractivity (Wildman–Crippen MR) is 77.8 cm³/mol. The lowest BCUT2D eigenvalue weighted by Gasteiger charge is -2.33. The van der Waals surface area contributed by atoms with Crippen molar-refractivity contribution in [2.24, 2.45) is 13.0 Å². The van der Waals surface area contributed by atoms with Crippen LogP contribution in [0.5, 0.6) is 5.75 Å². The molecule has 5 nitrogen and oxygen atoms in total. The number of rotatable bonds is 4. The van der Waals surface area contributed by atoms with Crippen molar-refractivity contribution >= 4 is 15.9 Å². The Hall–Kier alpha value is -1.40. The number of methoxy groups -OCH3 is 1. The second-order valence-electron chi connectivity index (χ2n) is 5.00. The molecule has 1 aromatic heterocycles. The number of hydrogen-bond acceptors (Lipinski definition) is 4. The maximum atomic E-state index is 5.36. The van der Waals surface area contributed by atoms with E-state index in [1.807, 2.05) is 17.7 Å². The molecule has 20 heavy (non-hydrogen) atoms. The van der Waals surface area contributed by atoms with Gasteiger partial charge in [0.05, 0.1) is 26.2 Å². The molecule has 1 unspecified atom stereocenters. The van der Waals surface area contributed by atoms with E-state index in [4.69, 9.17) is 9.47 Å². The Morgan fingerprint density at radius 2 is 2.20 bits per heavy atom. The average Bonchev–Trinajstić information content (AvgIpc) is 2.78. The van der Waals surface area contributed by atoms with Crippen molar-refractivity contribution in [3.63, 3.8) is 0 Å². The zero-order valence-electron chi connectivity index (χ0n) is 11.4. The molecule has 0 radical (unpaired) electrons. The van der Waals surface area contributed by atoms with E-state index in [-0.39, 0.29) is 5.92 Å². The van der Waals surface area contributed by atoms with Gasteiger partial charge >= 0.3 is 0 Å². The van der Waals surface area contributed by atoms with Gasteiger partial charge in [-0.05, 0) is 23.8 Å². The fourth-order valence-corrected chi connectivity index (χ4v) is 3.02. The van der Waals surface area contributed by atoms with Crippen LogP contribution >= 0.6 is 15.9 Å². The predicted octanol–water partition coefficient (Wildman–Crippen LogP) is 2.36. The van der Waals surface area contributed by atoms with Crippen molar-refractivity contribution in [1.29, 1.82) is 0 Å². The Morgan fingerprint density at radius 1 is 1.40 bits per heavy atom. The number of nitrogens with zero attached hydrogens (tertiary/aromatic N) is 3. The minimum absolute atomic E-state index is 0.169. The molecule has 0 aliphatic carbocycles. The van der Waals surface area contributed by atoms with E-state index in [0.717, 1.165) is 29.3 Å². The van der Waals surface area contributed by atoms with Crippen molar-refractivity contribution in [3.8, 4) is 5.75 Å². The fourth-order valence-electron chi connectivity index (χ4n) is 2.53. The lowest BCUT2D eigenvalue weighted by atomic mass is 9.84. The monoisotopic (exact) mass is 337 g/mol. The molecule has 0 saturated carbocycles. The lowest BCUT2D eigenvalue weighted by Crippen LogP contribution is -2.34. The third kappa shape index (κ3) is 2.45. The lowest BCUT2D eigenvalue weighted by molar-refractivity contribution is -0.0407. The molecular weight excluding hydrogens is 322 g/mol. The normalized spacial score (nSPS) is 16.8. The zero-order chi connectivity index (χ0) is 14.1. The van der Waals surface area contributed by atoms with Crippen LogP contribution in [-0.2, 0) is 11.8 Å². The van der Waals surface area contributed by atoms with Gasteiger partial charge in [0.15, 0.2) is 0 Å². The first-order valence-corrected chi connectivity index (χ1v) is 7.24. The van der Waals surface area contributed by atoms with Crippen LogP contribution < -0.4 is 4.74 Å². The first-order chi connectivity index (χ1) is 9.69. The van der Waals surface area contributed by atoms with Crippen LogP contribution in [0.4, 0.5) is 0 Å². The van der Waals surface area contributed by atoms with Gasteiger partial charge in [-0.25, -0.2) is 0 Å². The van der Waals surface area contributed by atoms with E-state index in [1.54, 1.807) is 13.4 Å². The highest BCUT2D eigenvalue weighted by atomic mass is 79.9. The summed E-state index contributed by atoms with van der Waals surface area (Å²) >= 11 is 3.54. The Balaban J connectivity index is 2.05. The number of aryl methyl sites for hydroxylation is 1. The standard InChI is InChI=1S/C14H16BrN3O2/c1-18-8-16-17-14(18)13(10-6-20-7-10)9-3-11(15)5-12(4-9)19-2/h3-5,8,10,13H,6-7H2,1-2H3. The number of ether oxygens (including phenoxy) is 2. The van der Waals surface area contributed by atoms with Crippen molar-refractivity contribution in [2.75, 3.05) is 20.3 Å². The van der Waals surface area contributed by atoms with Gasteiger partial charge in [0.2, 0.25) is 0 Å². The van der Waals surface area contributed by atoms with E-state index >= 15 is 0 Å². The average molecular weight is 338 g/mol. The maximum Gasteiger partial charge on any atom is 0.140 e. The molecule has 0 N–H and O–H groups in total. The Morgan fingerprint density at radius 3 is 2.75 bits per heavy atom. The molecule has 2 aromatic rings. The molecule has 1 aliphatic rings. The van der Waals surface area contributed by atoms with Crippen LogP contribution in [0.3, 0.4) is 0 Å². The minimum atomic E-state index is 0.169. The highest BCUT2D eigenvalue weighted by Crippen LogP contribution is 2.37. The second kappa shape index (κ2) is 5.54. The minimum Gasteiger partial charge on any atom is -0.497 e. The summed E-state index contributed by atoms with van der Waals surface area (Å²) in [7, 11) is 3.65. The van der Waals surface area contributed by atoms with Crippen LogP contribution in [-0.4, -0.2) is 35.1 Å². The first kappa shape index (κ1) is 13.6. The van der Waals surface area contributed by atoms with Crippen LogP contribution in [0.25, 0.3) is 0 Å². The topological polar surface area (TPSA) is 49.2 Å². The third-order valence-corrected chi connectivity index (χ3v) is 4.11. The second-order valence-corrected chi connectivity index (χ2v) is 5.92. The molecule has 1 atom stereocenters. The van der Waals surface area contributed by atoms with Crippen LogP contribution in [0.15, 0.2) is 29.0 Å². The summed E-state index contributed by atoms with van der Waals surface area (Å²) in [6.07, 6.45) is 1.73. The summed E-state index contributed by atoms with van der Waals surface area (Å²) < 4.78 is 13.7. The molecule has 1 aliphatic heterocycles. The molecule has 1 fully saturated rings. The SMILES string of the molecule is COc1cc(Br)cc(C(c2nncn2C)C2COC2)c1. The summed E-state index contributed by atoms with van der Waals surface area (Å²) in [6.45, 7) is 1.51. The number of halogens is 1. The Kier molecular flexibility index (Phi) is 3.76. The molecule has 2 heterocycles. The quantitative estimate of drug-likeness (QED) is 0.859. The molecule has 0 spiro atoms. The van der Waals surface area contributed by atoms with Gasteiger partial charge in [-0.1, -0.05) is 15.9 Å². The molecule has 1 aromatic carbocycles. The van der Waals surface area contributed by atoms with E-state index in [1.165, 1.54) is 5.56 Å². The summed E-state index contributed by atoms with van der Waals surface area (Å²) in [5, 5.41) is 8.28. The molecule has 3 rings (SSSR count). The van der Waals surface area contributed by atoms with Gasteiger partial charge < -0.3 is 14.0 Å². The zero-order valence-corrected chi connectivity index (χ0v) is 13.0. The van der Waals surface area contributed by atoms with Gasteiger partial charge in [0, 0.05) is 17.4 Å². The number of benzene rings is 1. The molecule has 6 heteroatoms. The van der Waals surface area contributed by atoms with Gasteiger partial charge in [0.25, 0.3) is 0 Å². The molecule has 106 valence electrons. The Labute approximate surface area is 126 Å². The molecule has 0 amide bonds. The largest absolute Gasteiger partial charge is 0.497 e. The molecule has 0 bridgehead atoms. The maximum absolute atomic E-state index is 5.36. The van der Waals surface area contributed by atoms with Crippen molar-refractivity contribution in [3.05, 3.63) is 40.4 Å². The summed E-state index contributed by atoms with van der Waals surface area (Å²) in [4.78, 5) is 0.